The average Bonchev–Trinajstić information content (AvgIpc) is 3.03. The van der Waals surface area contributed by atoms with Gasteiger partial charge in [-0.2, -0.15) is 5.26 Å². The Labute approximate surface area is 155 Å². The summed E-state index contributed by atoms with van der Waals surface area (Å²) in [6, 6.07) is 13.9. The Morgan fingerprint density at radius 3 is 2.81 bits per heavy atom. The predicted molar refractivity (Wildman–Crippen MR) is 98.3 cm³/mol. The maximum Gasteiger partial charge on any atom is 0.229 e. The number of carbonyl (C=O) groups is 2. The van der Waals surface area contributed by atoms with Crippen molar-refractivity contribution in [1.29, 1.82) is 5.26 Å². The zero-order chi connectivity index (χ0) is 18.7. The smallest absolute Gasteiger partial charge is 0.229 e. The Morgan fingerprint density at radius 2 is 2.12 bits per heavy atom. The topological polar surface area (TPSA) is 82.4 Å². The first kappa shape index (κ1) is 17.8. The van der Waals surface area contributed by atoms with E-state index >= 15 is 0 Å². The van der Waals surface area contributed by atoms with Gasteiger partial charge in [0.1, 0.15) is 11.8 Å². The van der Waals surface area contributed by atoms with Crippen molar-refractivity contribution in [3.8, 4) is 11.8 Å². The number of hydrogen-bond donors (Lipinski definition) is 1. The quantitative estimate of drug-likeness (QED) is 0.897. The Hall–Kier alpha value is -3.04. The van der Waals surface area contributed by atoms with Gasteiger partial charge in [-0.3, -0.25) is 9.59 Å². The number of benzene rings is 2. The molecule has 0 spiro atoms. The number of nitrogens with zero attached hydrogens (tertiary/aromatic N) is 2. The lowest BCUT2D eigenvalue weighted by molar-refractivity contribution is -0.122. The second kappa shape index (κ2) is 7.46. The van der Waals surface area contributed by atoms with Crippen LogP contribution in [-0.4, -0.2) is 25.5 Å². The van der Waals surface area contributed by atoms with E-state index in [0.29, 0.717) is 27.7 Å². The SMILES string of the molecule is COc1ccc(NC(=O)C2CC(=O)N(c3ccccc3C#N)C2)cc1Cl. The Kier molecular flexibility index (Phi) is 5.10. The van der Waals surface area contributed by atoms with Crippen molar-refractivity contribution in [2.45, 2.75) is 6.42 Å². The van der Waals surface area contributed by atoms with Crippen LogP contribution in [-0.2, 0) is 9.59 Å². The summed E-state index contributed by atoms with van der Waals surface area (Å²) in [6.45, 7) is 0.229. The third-order valence-corrected chi connectivity index (χ3v) is 4.53. The van der Waals surface area contributed by atoms with E-state index < -0.39 is 5.92 Å². The fourth-order valence-electron chi connectivity index (χ4n) is 2.91. The normalized spacial score (nSPS) is 16.3. The first-order valence-electron chi connectivity index (χ1n) is 7.97. The summed E-state index contributed by atoms with van der Waals surface area (Å²) in [5, 5.41) is 12.4. The van der Waals surface area contributed by atoms with Gasteiger partial charge in [0.25, 0.3) is 0 Å². The van der Waals surface area contributed by atoms with E-state index in [2.05, 4.69) is 11.4 Å². The number of hydrogen-bond acceptors (Lipinski definition) is 4. The summed E-state index contributed by atoms with van der Waals surface area (Å²) in [5.41, 5.74) is 1.47. The van der Waals surface area contributed by atoms with E-state index in [-0.39, 0.29) is 24.8 Å². The van der Waals surface area contributed by atoms with Gasteiger partial charge in [0, 0.05) is 18.7 Å². The molecule has 1 saturated heterocycles. The predicted octanol–water partition coefficient (Wildman–Crippen LogP) is 3.21. The molecule has 2 aromatic rings. The van der Waals surface area contributed by atoms with Crippen LogP contribution in [0.15, 0.2) is 42.5 Å². The first-order valence-corrected chi connectivity index (χ1v) is 8.35. The molecule has 1 aliphatic rings. The summed E-state index contributed by atoms with van der Waals surface area (Å²) in [7, 11) is 1.51. The van der Waals surface area contributed by atoms with E-state index in [1.165, 1.54) is 12.0 Å². The van der Waals surface area contributed by atoms with Crippen LogP contribution in [0.4, 0.5) is 11.4 Å². The van der Waals surface area contributed by atoms with Gasteiger partial charge >= 0.3 is 0 Å². The minimum atomic E-state index is -0.505. The zero-order valence-electron chi connectivity index (χ0n) is 14.0. The number of anilines is 2. The van der Waals surface area contributed by atoms with Gasteiger partial charge in [-0.1, -0.05) is 23.7 Å². The number of rotatable bonds is 4. The van der Waals surface area contributed by atoms with E-state index in [1.54, 1.807) is 42.5 Å². The molecule has 1 atom stereocenters. The molecule has 132 valence electrons. The third-order valence-electron chi connectivity index (χ3n) is 4.23. The molecule has 0 aliphatic carbocycles. The van der Waals surface area contributed by atoms with Gasteiger partial charge in [-0.15, -0.1) is 0 Å². The highest BCUT2D eigenvalue weighted by Crippen LogP contribution is 2.30. The Bertz CT molecular complexity index is 907. The van der Waals surface area contributed by atoms with Gasteiger partial charge in [-0.25, -0.2) is 0 Å². The molecule has 6 nitrogen and oxygen atoms in total. The lowest BCUT2D eigenvalue weighted by atomic mass is 10.1. The van der Waals surface area contributed by atoms with Gasteiger partial charge < -0.3 is 15.0 Å². The largest absolute Gasteiger partial charge is 0.495 e. The van der Waals surface area contributed by atoms with Crippen molar-refractivity contribution in [1.82, 2.24) is 0 Å². The van der Waals surface area contributed by atoms with Crippen molar-refractivity contribution in [3.63, 3.8) is 0 Å². The number of carbonyl (C=O) groups excluding carboxylic acids is 2. The zero-order valence-corrected chi connectivity index (χ0v) is 14.8. The lowest BCUT2D eigenvalue weighted by Crippen LogP contribution is -2.28. The highest BCUT2D eigenvalue weighted by molar-refractivity contribution is 6.32. The molecule has 1 fully saturated rings. The van der Waals surface area contributed by atoms with Crippen molar-refractivity contribution >= 4 is 34.8 Å². The van der Waals surface area contributed by atoms with Gasteiger partial charge in [-0.05, 0) is 30.3 Å². The number of nitrogens with one attached hydrogen (secondary N) is 1. The van der Waals surface area contributed by atoms with Gasteiger partial charge in [0.15, 0.2) is 0 Å². The number of para-hydroxylation sites is 1. The molecule has 3 rings (SSSR count). The highest BCUT2D eigenvalue weighted by Gasteiger charge is 2.36. The van der Waals surface area contributed by atoms with Crippen LogP contribution in [0.5, 0.6) is 5.75 Å². The molecule has 0 radical (unpaired) electrons. The molecule has 1 unspecified atom stereocenters. The van der Waals surface area contributed by atoms with Crippen LogP contribution in [0.2, 0.25) is 5.02 Å². The molecule has 0 saturated carbocycles. The highest BCUT2D eigenvalue weighted by atomic mass is 35.5. The van der Waals surface area contributed by atoms with Gasteiger partial charge in [0.2, 0.25) is 11.8 Å². The Morgan fingerprint density at radius 1 is 1.35 bits per heavy atom. The minimum Gasteiger partial charge on any atom is -0.495 e. The average molecular weight is 370 g/mol. The van der Waals surface area contributed by atoms with Crippen molar-refractivity contribution in [2.75, 3.05) is 23.9 Å². The van der Waals surface area contributed by atoms with Crippen LogP contribution in [0.25, 0.3) is 0 Å². The monoisotopic (exact) mass is 369 g/mol. The lowest BCUT2D eigenvalue weighted by Gasteiger charge is -2.18. The minimum absolute atomic E-state index is 0.0927. The fraction of sp³-hybridized carbons (Fsp3) is 0.211. The molecule has 1 aliphatic heterocycles. The number of halogens is 1. The standard InChI is InChI=1S/C19H16ClN3O3/c1-26-17-7-6-14(9-15(17)20)22-19(25)13-8-18(24)23(11-13)16-5-3-2-4-12(16)10-21/h2-7,9,13H,8,11H2,1H3,(H,22,25). The summed E-state index contributed by atoms with van der Waals surface area (Å²) in [6.07, 6.45) is 0.0927. The van der Waals surface area contributed by atoms with Crippen molar-refractivity contribution in [3.05, 3.63) is 53.1 Å². The molecular weight excluding hydrogens is 354 g/mol. The molecule has 7 heteroatoms. The van der Waals surface area contributed by atoms with Gasteiger partial charge in [0.05, 0.1) is 29.3 Å². The van der Waals surface area contributed by atoms with Crippen LogP contribution in [0.3, 0.4) is 0 Å². The van der Waals surface area contributed by atoms with E-state index in [4.69, 9.17) is 16.3 Å². The van der Waals surface area contributed by atoms with Crippen molar-refractivity contribution < 1.29 is 14.3 Å². The molecular formula is C19H16ClN3O3. The second-order valence-corrected chi connectivity index (χ2v) is 6.28. The summed E-state index contributed by atoms with van der Waals surface area (Å²) in [5.74, 6) is -0.438. The number of nitriles is 1. The summed E-state index contributed by atoms with van der Waals surface area (Å²) >= 11 is 6.06. The Balaban J connectivity index is 1.73. The van der Waals surface area contributed by atoms with Crippen LogP contribution >= 0.6 is 11.6 Å². The van der Waals surface area contributed by atoms with E-state index in [0.717, 1.165) is 0 Å². The maximum atomic E-state index is 12.5. The maximum absolute atomic E-state index is 12.5. The first-order chi connectivity index (χ1) is 12.5. The number of ether oxygens (including phenoxy) is 1. The molecule has 2 aromatic carbocycles. The fourth-order valence-corrected chi connectivity index (χ4v) is 3.17. The van der Waals surface area contributed by atoms with E-state index in [1.807, 2.05) is 0 Å². The molecule has 1 heterocycles. The third kappa shape index (κ3) is 3.48. The van der Waals surface area contributed by atoms with Crippen LogP contribution in [0, 0.1) is 17.2 Å². The van der Waals surface area contributed by atoms with E-state index in [9.17, 15) is 14.9 Å². The molecule has 0 aromatic heterocycles. The molecule has 26 heavy (non-hydrogen) atoms. The molecule has 1 N–H and O–H groups in total. The van der Waals surface area contributed by atoms with Crippen LogP contribution < -0.4 is 15.0 Å². The second-order valence-electron chi connectivity index (χ2n) is 5.87. The summed E-state index contributed by atoms with van der Waals surface area (Å²) in [4.78, 5) is 26.4. The molecule has 2 amide bonds. The summed E-state index contributed by atoms with van der Waals surface area (Å²) < 4.78 is 5.08. The molecule has 0 bridgehead atoms. The van der Waals surface area contributed by atoms with Crippen molar-refractivity contribution in [2.24, 2.45) is 5.92 Å². The number of methoxy groups -OCH3 is 1. The number of amides is 2. The van der Waals surface area contributed by atoms with Crippen LogP contribution in [0.1, 0.15) is 12.0 Å².